The molecule has 3 nitrogen and oxygen atoms in total. The maximum absolute atomic E-state index is 11.3. The zero-order valence-corrected chi connectivity index (χ0v) is 13.0. The van der Waals surface area contributed by atoms with Gasteiger partial charge in [-0.25, -0.2) is 0 Å². The number of halogens is 1. The highest BCUT2D eigenvalue weighted by atomic mass is 79.9. The van der Waals surface area contributed by atoms with Crippen molar-refractivity contribution in [3.63, 3.8) is 0 Å². The lowest BCUT2D eigenvalue weighted by Gasteiger charge is -2.37. The van der Waals surface area contributed by atoms with E-state index in [0.29, 0.717) is 6.54 Å². The number of aliphatic carboxylic acids is 1. The second kappa shape index (κ2) is 5.63. The number of piperidine rings is 1. The third-order valence-corrected chi connectivity index (χ3v) is 4.81. The van der Waals surface area contributed by atoms with Gasteiger partial charge in [-0.2, -0.15) is 0 Å². The Bertz CT molecular complexity index is 489. The Kier molecular flexibility index (Phi) is 4.31. The highest BCUT2D eigenvalue weighted by Crippen LogP contribution is 2.30. The predicted octanol–water partition coefficient (Wildman–Crippen LogP) is 3.44. The van der Waals surface area contributed by atoms with E-state index in [0.717, 1.165) is 30.4 Å². The molecule has 0 amide bonds. The monoisotopic (exact) mass is 325 g/mol. The Labute approximate surface area is 122 Å². The number of benzene rings is 1. The number of likely N-dealkylation sites (tertiary alicyclic amines) is 1. The van der Waals surface area contributed by atoms with Crippen LogP contribution in [0.5, 0.6) is 0 Å². The summed E-state index contributed by atoms with van der Waals surface area (Å²) in [5, 5.41) is 9.33. The Balaban J connectivity index is 2.06. The molecule has 1 aromatic carbocycles. The fraction of sp³-hybridized carbons (Fsp3) is 0.533. The molecule has 1 fully saturated rings. The van der Waals surface area contributed by atoms with E-state index >= 15 is 0 Å². The van der Waals surface area contributed by atoms with Crippen LogP contribution in [0.25, 0.3) is 0 Å². The minimum atomic E-state index is -0.677. The van der Waals surface area contributed by atoms with Crippen molar-refractivity contribution in [3.05, 3.63) is 33.8 Å². The molecule has 1 heterocycles. The van der Waals surface area contributed by atoms with Crippen molar-refractivity contribution in [2.24, 2.45) is 5.41 Å². The molecule has 1 aliphatic rings. The first-order valence-electron chi connectivity index (χ1n) is 6.61. The summed E-state index contributed by atoms with van der Waals surface area (Å²) >= 11 is 3.50. The average Bonchev–Trinajstić information content (AvgIpc) is 2.34. The van der Waals surface area contributed by atoms with E-state index in [1.54, 1.807) is 0 Å². The molecule has 1 aromatic rings. The Morgan fingerprint density at radius 3 is 2.89 bits per heavy atom. The smallest absolute Gasteiger partial charge is 0.310 e. The molecule has 4 heteroatoms. The third-order valence-electron chi connectivity index (χ3n) is 3.92. The van der Waals surface area contributed by atoms with Crippen molar-refractivity contribution in [3.8, 4) is 0 Å². The molecule has 0 aromatic heterocycles. The average molecular weight is 326 g/mol. The minimum absolute atomic E-state index is 0.595. The predicted molar refractivity (Wildman–Crippen MR) is 79.1 cm³/mol. The molecule has 104 valence electrons. The molecule has 0 radical (unpaired) electrons. The van der Waals surface area contributed by atoms with Crippen molar-refractivity contribution in [1.29, 1.82) is 0 Å². The van der Waals surface area contributed by atoms with Crippen LogP contribution in [0.15, 0.2) is 22.7 Å². The molecule has 1 aliphatic heterocycles. The number of nitrogens with zero attached hydrogens (tertiary/aromatic N) is 1. The molecule has 1 atom stereocenters. The highest BCUT2D eigenvalue weighted by molar-refractivity contribution is 9.10. The molecular formula is C15H20BrNO2. The van der Waals surface area contributed by atoms with Gasteiger partial charge in [-0.1, -0.05) is 28.1 Å². The standard InChI is InChI=1S/C15H20BrNO2/c1-11-8-12(4-5-13(11)16)9-17-7-3-6-15(2,10-17)14(18)19/h4-5,8H,3,6-7,9-10H2,1-2H3,(H,18,19). The Hall–Kier alpha value is -0.870. The second-order valence-electron chi connectivity index (χ2n) is 5.76. The molecule has 0 bridgehead atoms. The van der Waals surface area contributed by atoms with E-state index in [2.05, 4.69) is 46.0 Å². The van der Waals surface area contributed by atoms with Crippen molar-refractivity contribution >= 4 is 21.9 Å². The molecular weight excluding hydrogens is 306 g/mol. The number of carboxylic acids is 1. The summed E-state index contributed by atoms with van der Waals surface area (Å²) in [6.07, 6.45) is 1.73. The summed E-state index contributed by atoms with van der Waals surface area (Å²) in [4.78, 5) is 13.6. The van der Waals surface area contributed by atoms with Gasteiger partial charge in [0, 0.05) is 17.6 Å². The topological polar surface area (TPSA) is 40.5 Å². The molecule has 1 unspecified atom stereocenters. The fourth-order valence-corrected chi connectivity index (χ4v) is 2.96. The van der Waals surface area contributed by atoms with Crippen molar-refractivity contribution in [2.75, 3.05) is 13.1 Å². The van der Waals surface area contributed by atoms with Crippen molar-refractivity contribution < 1.29 is 9.90 Å². The minimum Gasteiger partial charge on any atom is -0.481 e. The molecule has 0 aliphatic carbocycles. The van der Waals surface area contributed by atoms with Crippen LogP contribution < -0.4 is 0 Å². The molecule has 19 heavy (non-hydrogen) atoms. The van der Waals surface area contributed by atoms with Gasteiger partial charge in [-0.3, -0.25) is 9.69 Å². The third kappa shape index (κ3) is 3.37. The zero-order chi connectivity index (χ0) is 14.0. The summed E-state index contributed by atoms with van der Waals surface area (Å²) in [6, 6.07) is 6.32. The van der Waals surface area contributed by atoms with Gasteiger partial charge in [0.05, 0.1) is 5.41 Å². The number of aryl methyl sites for hydroxylation is 1. The highest BCUT2D eigenvalue weighted by Gasteiger charge is 2.37. The first kappa shape index (κ1) is 14.5. The quantitative estimate of drug-likeness (QED) is 0.925. The van der Waals surface area contributed by atoms with Crippen LogP contribution in [-0.2, 0) is 11.3 Å². The van der Waals surface area contributed by atoms with Gasteiger partial charge in [0.15, 0.2) is 0 Å². The van der Waals surface area contributed by atoms with Crippen LogP contribution in [0.2, 0.25) is 0 Å². The van der Waals surface area contributed by atoms with E-state index in [9.17, 15) is 9.90 Å². The SMILES string of the molecule is Cc1cc(CN2CCCC(C)(C(=O)O)C2)ccc1Br. The zero-order valence-electron chi connectivity index (χ0n) is 11.4. The molecule has 0 saturated carbocycles. The van der Waals surface area contributed by atoms with Gasteiger partial charge in [0.1, 0.15) is 0 Å². The van der Waals surface area contributed by atoms with E-state index in [-0.39, 0.29) is 0 Å². The van der Waals surface area contributed by atoms with Crippen molar-refractivity contribution in [2.45, 2.75) is 33.2 Å². The number of carboxylic acid groups (broad SMARTS) is 1. The number of hydrogen-bond donors (Lipinski definition) is 1. The van der Waals surface area contributed by atoms with Gasteiger partial charge in [0.25, 0.3) is 0 Å². The van der Waals surface area contributed by atoms with Crippen LogP contribution in [0.1, 0.15) is 30.9 Å². The van der Waals surface area contributed by atoms with Gasteiger partial charge in [-0.05, 0) is 50.4 Å². The Morgan fingerprint density at radius 1 is 1.53 bits per heavy atom. The second-order valence-corrected chi connectivity index (χ2v) is 6.62. The first-order valence-corrected chi connectivity index (χ1v) is 7.41. The largest absolute Gasteiger partial charge is 0.481 e. The number of carbonyl (C=O) groups is 1. The van der Waals surface area contributed by atoms with Crippen LogP contribution in [-0.4, -0.2) is 29.1 Å². The number of hydrogen-bond acceptors (Lipinski definition) is 2. The lowest BCUT2D eigenvalue weighted by molar-refractivity contribution is -0.151. The van der Waals surface area contributed by atoms with Gasteiger partial charge >= 0.3 is 5.97 Å². The first-order chi connectivity index (χ1) is 8.90. The fourth-order valence-electron chi connectivity index (χ4n) is 2.72. The van der Waals surface area contributed by atoms with Crippen LogP contribution in [0, 0.1) is 12.3 Å². The summed E-state index contributed by atoms with van der Waals surface area (Å²) in [7, 11) is 0. The van der Waals surface area contributed by atoms with E-state index in [4.69, 9.17) is 0 Å². The van der Waals surface area contributed by atoms with Crippen molar-refractivity contribution in [1.82, 2.24) is 4.90 Å². The molecule has 2 rings (SSSR count). The number of rotatable bonds is 3. The lowest BCUT2D eigenvalue weighted by atomic mass is 9.82. The maximum atomic E-state index is 11.3. The van der Waals surface area contributed by atoms with Crippen LogP contribution >= 0.6 is 15.9 Å². The summed E-state index contributed by atoms with van der Waals surface area (Å²) in [6.45, 7) is 6.38. The van der Waals surface area contributed by atoms with E-state index in [1.807, 2.05) is 6.92 Å². The van der Waals surface area contributed by atoms with Crippen LogP contribution in [0.3, 0.4) is 0 Å². The van der Waals surface area contributed by atoms with E-state index < -0.39 is 11.4 Å². The summed E-state index contributed by atoms with van der Waals surface area (Å²) in [5.74, 6) is -0.677. The van der Waals surface area contributed by atoms with Gasteiger partial charge < -0.3 is 5.11 Å². The molecule has 1 saturated heterocycles. The molecule has 1 N–H and O–H groups in total. The van der Waals surface area contributed by atoms with Crippen LogP contribution in [0.4, 0.5) is 0 Å². The maximum Gasteiger partial charge on any atom is 0.310 e. The molecule has 0 spiro atoms. The summed E-state index contributed by atoms with van der Waals surface area (Å²) in [5.41, 5.74) is 1.87. The normalized spacial score (nSPS) is 24.4. The summed E-state index contributed by atoms with van der Waals surface area (Å²) < 4.78 is 1.12. The van der Waals surface area contributed by atoms with E-state index in [1.165, 1.54) is 11.1 Å². The lowest BCUT2D eigenvalue weighted by Crippen LogP contribution is -2.45. The Morgan fingerprint density at radius 2 is 2.26 bits per heavy atom. The van der Waals surface area contributed by atoms with Gasteiger partial charge in [-0.15, -0.1) is 0 Å². The van der Waals surface area contributed by atoms with Gasteiger partial charge in [0.2, 0.25) is 0 Å².